The zero-order chi connectivity index (χ0) is 98.1. The third-order valence-corrected chi connectivity index (χ3v) is 29.7. The van der Waals surface area contributed by atoms with Crippen LogP contribution in [0.2, 0.25) is 0 Å². The summed E-state index contributed by atoms with van der Waals surface area (Å²) in [4.78, 5) is 4.83. The molecule has 0 N–H and O–H groups in total. The predicted molar refractivity (Wildman–Crippen MR) is 609 cm³/mol. The second-order valence-electron chi connectivity index (χ2n) is 47.7. The third kappa shape index (κ3) is 16.7. The average Bonchev–Trinajstić information content (AvgIpc) is 1.69. The molecule has 0 fully saturated rings. The summed E-state index contributed by atoms with van der Waals surface area (Å²) in [5.74, 6) is 0. The van der Waals surface area contributed by atoms with Gasteiger partial charge in [0, 0.05) is 100.0 Å². The van der Waals surface area contributed by atoms with Crippen molar-refractivity contribution in [2.24, 2.45) is 0 Å². The lowest BCUT2D eigenvalue weighted by atomic mass is 9.85. The summed E-state index contributed by atoms with van der Waals surface area (Å²) in [6.07, 6.45) is 9.26. The molecule has 6 heteroatoms. The first kappa shape index (κ1) is 91.9. The smallest absolute Gasteiger partial charge is 0.0541 e. The Balaban J connectivity index is 0.626. The maximum atomic E-state index is 2.46. The van der Waals surface area contributed by atoms with Crippen molar-refractivity contribution in [1.29, 1.82) is 0 Å². The number of aromatic nitrogens is 4. The van der Waals surface area contributed by atoms with E-state index in [2.05, 4.69) is 558 Å². The normalized spacial score (nSPS) is 13.1. The topological polar surface area (TPSA) is 26.2 Å². The number of benzene rings is 17. The molecule has 0 aliphatic heterocycles. The number of anilines is 6. The van der Waals surface area contributed by atoms with Crippen molar-refractivity contribution in [1.82, 2.24) is 18.3 Å². The summed E-state index contributed by atoms with van der Waals surface area (Å²) >= 11 is 0. The van der Waals surface area contributed by atoms with Crippen LogP contribution in [0.5, 0.6) is 0 Å². The lowest BCUT2D eigenvalue weighted by molar-refractivity contribution is 0.590. The molecule has 698 valence electrons. The van der Waals surface area contributed by atoms with Crippen molar-refractivity contribution in [2.45, 2.75) is 209 Å². The molecular formula is C134H132N6. The zero-order valence-corrected chi connectivity index (χ0v) is 86.3. The molecule has 0 atom stereocenters. The van der Waals surface area contributed by atoms with Crippen LogP contribution >= 0.6 is 0 Å². The standard InChI is InChI=1S/C134H132N6/c1-127(2,3)87-39-69-119-111(77-87)112-78-88(128(4,5)6)40-70-120(112)137(119)101-59-51-97(52-60-101)135(98-53-61-102(62-54-98)138-121-71-41-89(129(7,8)9)79-113(121)114-80-90(130(10,11)12)42-72-122(114)138)95-47-33-85(34-48-95)37-67-109-105-29-25-27-31-107(105)110(108-32-28-26-30-106(108)109)68-38-86-35-49-96(50-36-86)136(99-55-63-103(64-56-99)139-123-73-43-91(131(13,14)15)81-115(123)116-82-92(132(16,17)18)44-74-124(116)139)100-57-65-104(66-58-100)140-125-75-45-93(133(19,20)21)83-117(125)118-84-94(134(22,23)24)46-76-126(118)140/h25-84H,1-24H3/b67-37+,68-38+. The van der Waals surface area contributed by atoms with Gasteiger partial charge >= 0.3 is 0 Å². The summed E-state index contributed by atoms with van der Waals surface area (Å²) in [6.45, 7) is 55.5. The van der Waals surface area contributed by atoms with Gasteiger partial charge in [0.2, 0.25) is 0 Å². The van der Waals surface area contributed by atoms with Gasteiger partial charge in [-0.15, -0.1) is 0 Å². The molecule has 17 aromatic carbocycles. The average molecular weight is 1830 g/mol. The van der Waals surface area contributed by atoms with E-state index in [4.69, 9.17) is 0 Å². The van der Waals surface area contributed by atoms with Crippen LogP contribution in [0.25, 0.3) is 156 Å². The minimum Gasteiger partial charge on any atom is -0.311 e. The molecule has 0 saturated heterocycles. The molecule has 0 amide bonds. The van der Waals surface area contributed by atoms with Crippen molar-refractivity contribution in [3.05, 3.63) is 406 Å². The van der Waals surface area contributed by atoms with Crippen LogP contribution in [-0.4, -0.2) is 18.3 Å². The van der Waals surface area contributed by atoms with Gasteiger partial charge in [0.15, 0.2) is 0 Å². The molecule has 4 aromatic heterocycles. The number of fused-ring (bicyclic) bond motifs is 14. The Labute approximate surface area is 828 Å². The van der Waals surface area contributed by atoms with Gasteiger partial charge in [0.25, 0.3) is 0 Å². The van der Waals surface area contributed by atoms with Crippen LogP contribution in [0.4, 0.5) is 34.1 Å². The van der Waals surface area contributed by atoms with Crippen LogP contribution in [0.1, 0.15) is 233 Å². The molecule has 4 heterocycles. The Morgan fingerprint density at radius 1 is 0.157 bits per heavy atom. The molecule has 140 heavy (non-hydrogen) atoms. The highest BCUT2D eigenvalue weighted by Gasteiger charge is 2.30. The third-order valence-electron chi connectivity index (χ3n) is 29.7. The van der Waals surface area contributed by atoms with E-state index in [0.29, 0.717) is 0 Å². The van der Waals surface area contributed by atoms with E-state index >= 15 is 0 Å². The van der Waals surface area contributed by atoms with Crippen LogP contribution in [0.15, 0.2) is 340 Å². The Hall–Kier alpha value is -14.5. The molecule has 21 rings (SSSR count). The van der Waals surface area contributed by atoms with E-state index in [1.54, 1.807) is 0 Å². The molecule has 0 spiro atoms. The first-order valence-corrected chi connectivity index (χ1v) is 50.3. The number of nitrogens with zero attached hydrogens (tertiary/aromatic N) is 6. The summed E-state index contributed by atoms with van der Waals surface area (Å²) in [5, 5.41) is 15.0. The Morgan fingerprint density at radius 2 is 0.307 bits per heavy atom. The van der Waals surface area contributed by atoms with E-state index in [9.17, 15) is 0 Å². The minimum absolute atomic E-state index is 0.00450. The number of hydrogen-bond acceptors (Lipinski definition) is 2. The minimum atomic E-state index is -0.00450. The maximum absolute atomic E-state index is 2.46. The summed E-state index contributed by atoms with van der Waals surface area (Å²) in [7, 11) is 0. The van der Waals surface area contributed by atoms with E-state index in [-0.39, 0.29) is 43.3 Å². The monoisotopic (exact) mass is 1830 g/mol. The summed E-state index contributed by atoms with van der Waals surface area (Å²) < 4.78 is 9.86. The molecule has 21 aromatic rings. The first-order valence-electron chi connectivity index (χ1n) is 50.3. The maximum Gasteiger partial charge on any atom is 0.0541 e. The van der Waals surface area contributed by atoms with Crippen molar-refractivity contribution >= 4 is 167 Å². The van der Waals surface area contributed by atoms with E-state index in [0.717, 1.165) is 68.0 Å². The fourth-order valence-corrected chi connectivity index (χ4v) is 21.2. The quantitative estimate of drug-likeness (QED) is 0.0801. The SMILES string of the molecule is CC(C)(C)c1ccc2c(c1)c1cc(C(C)(C)C)ccc1n2-c1ccc(N(c2ccc(/C=C/c3c4ccccc4c(/C=C/c4ccc(N(c5ccc(-n6c7ccc(C(C)(C)C)cc7c7cc(C(C)(C)C)ccc76)cc5)c5ccc(-n6c7ccc(C(C)(C)C)cc7c7cc(C(C)(C)C)ccc76)cc5)cc4)c4ccccc34)cc2)c2ccc(-n3c4ccc(C(C)(C)C)cc4c4cc(C(C)(C)C)ccc43)cc2)cc1. The molecule has 0 aliphatic carbocycles. The molecular weight excluding hydrogens is 1690 g/mol. The van der Waals surface area contributed by atoms with Crippen molar-refractivity contribution in [3.63, 3.8) is 0 Å². The van der Waals surface area contributed by atoms with Gasteiger partial charge in [0.05, 0.1) is 44.1 Å². The van der Waals surface area contributed by atoms with Crippen molar-refractivity contribution in [2.75, 3.05) is 9.80 Å². The zero-order valence-electron chi connectivity index (χ0n) is 86.3. The van der Waals surface area contributed by atoms with Gasteiger partial charge in [-0.1, -0.05) is 312 Å². The molecule has 0 unspecified atom stereocenters. The predicted octanol–water partition coefficient (Wildman–Crippen LogP) is 38.0. The van der Waals surface area contributed by atoms with E-state index in [1.165, 1.54) is 164 Å². The fraction of sp³-hybridized carbons (Fsp3) is 0.239. The van der Waals surface area contributed by atoms with E-state index in [1.807, 2.05) is 0 Å². The molecule has 0 bridgehead atoms. The van der Waals surface area contributed by atoms with Gasteiger partial charge in [-0.05, 0) is 350 Å². The lowest BCUT2D eigenvalue weighted by Gasteiger charge is -2.26. The Morgan fingerprint density at radius 3 is 0.457 bits per heavy atom. The number of rotatable bonds is 14. The summed E-state index contributed by atoms with van der Waals surface area (Å²) in [6, 6.07) is 130. The Bertz CT molecular complexity index is 7300. The van der Waals surface area contributed by atoms with Crippen LogP contribution in [0, 0.1) is 0 Å². The van der Waals surface area contributed by atoms with Gasteiger partial charge in [0.1, 0.15) is 0 Å². The lowest BCUT2D eigenvalue weighted by Crippen LogP contribution is -2.11. The van der Waals surface area contributed by atoms with Crippen molar-refractivity contribution in [3.8, 4) is 22.7 Å². The van der Waals surface area contributed by atoms with Crippen LogP contribution in [-0.2, 0) is 43.3 Å². The fourth-order valence-electron chi connectivity index (χ4n) is 21.2. The van der Waals surface area contributed by atoms with Gasteiger partial charge in [-0.3, -0.25) is 0 Å². The van der Waals surface area contributed by atoms with E-state index < -0.39 is 0 Å². The summed E-state index contributed by atoms with van der Waals surface area (Å²) in [5.41, 5.74) is 35.6. The molecule has 0 saturated carbocycles. The Kier molecular flexibility index (Phi) is 22.1. The largest absolute Gasteiger partial charge is 0.311 e. The second kappa shape index (κ2) is 33.7. The van der Waals surface area contributed by atoms with Gasteiger partial charge in [-0.25, -0.2) is 0 Å². The molecule has 0 radical (unpaired) electrons. The van der Waals surface area contributed by atoms with Crippen LogP contribution < -0.4 is 9.80 Å². The highest BCUT2D eigenvalue weighted by atomic mass is 15.2. The van der Waals surface area contributed by atoms with Crippen LogP contribution in [0.3, 0.4) is 0 Å². The molecule has 0 aliphatic rings. The van der Waals surface area contributed by atoms with Gasteiger partial charge in [-0.2, -0.15) is 0 Å². The number of hydrogen-bond donors (Lipinski definition) is 0. The van der Waals surface area contributed by atoms with Crippen molar-refractivity contribution < 1.29 is 0 Å². The highest BCUT2D eigenvalue weighted by Crippen LogP contribution is 2.49. The second-order valence-corrected chi connectivity index (χ2v) is 47.7. The molecule has 6 nitrogen and oxygen atoms in total. The first-order chi connectivity index (χ1) is 66.4. The highest BCUT2D eigenvalue weighted by molar-refractivity contribution is 6.17. The van der Waals surface area contributed by atoms with Gasteiger partial charge < -0.3 is 28.1 Å².